The Labute approximate surface area is 108 Å². The summed E-state index contributed by atoms with van der Waals surface area (Å²) in [7, 11) is 1.51. The first-order chi connectivity index (χ1) is 8.69. The Hall–Kier alpha value is -1.84. The van der Waals surface area contributed by atoms with Gasteiger partial charge in [0.25, 0.3) is 5.91 Å². The highest BCUT2D eigenvalue weighted by atomic mass is 19.1. The zero-order chi connectivity index (χ0) is 14.0. The van der Waals surface area contributed by atoms with Gasteiger partial charge >= 0.3 is 0 Å². The number of nitrogens with one attached hydrogen (secondary N) is 2. The minimum Gasteiger partial charge on any atom is -0.379 e. The van der Waals surface area contributed by atoms with E-state index < -0.39 is 5.82 Å². The highest BCUT2D eigenvalue weighted by molar-refractivity contribution is 5.94. The van der Waals surface area contributed by atoms with Crippen LogP contribution in [0.15, 0.2) is 30.4 Å². The lowest BCUT2D eigenvalue weighted by molar-refractivity contribution is 0.0962. The van der Waals surface area contributed by atoms with Gasteiger partial charge in [0.05, 0.1) is 5.69 Å². The van der Waals surface area contributed by atoms with Crippen molar-refractivity contribution in [3.05, 3.63) is 41.7 Å². The largest absolute Gasteiger partial charge is 0.379 e. The third-order valence-corrected chi connectivity index (χ3v) is 2.10. The summed E-state index contributed by atoms with van der Waals surface area (Å²) in [6.07, 6.45) is 3.76. The van der Waals surface area contributed by atoms with Gasteiger partial charge in [0.1, 0.15) is 5.82 Å². The average molecular weight is 252 g/mol. The van der Waals surface area contributed by atoms with Crippen molar-refractivity contribution in [1.29, 1.82) is 0 Å². The van der Waals surface area contributed by atoms with Crippen LogP contribution in [-0.2, 0) is 0 Å². The molecule has 0 radical (unpaired) electrons. The summed E-state index contributed by atoms with van der Waals surface area (Å²) >= 11 is 0. The molecule has 0 heterocycles. The molecule has 4 heteroatoms. The van der Waals surface area contributed by atoms with Crippen LogP contribution in [0.1, 0.15) is 31.1 Å². The van der Waals surface area contributed by atoms with Gasteiger partial charge < -0.3 is 10.6 Å². The predicted molar refractivity (Wildman–Crippen MR) is 74.4 cm³/mol. The van der Waals surface area contributed by atoms with Crippen LogP contribution < -0.4 is 10.6 Å². The molecule has 18 heavy (non-hydrogen) atoms. The molecule has 0 aliphatic heterocycles. The first-order valence-corrected chi connectivity index (χ1v) is 6.05. The topological polar surface area (TPSA) is 41.1 Å². The predicted octanol–water partition coefficient (Wildman–Crippen LogP) is 3.20. The zero-order valence-electron chi connectivity index (χ0n) is 11.4. The number of hydrogen-bond acceptors (Lipinski definition) is 2. The van der Waals surface area contributed by atoms with Crippen LogP contribution in [0.2, 0.25) is 0 Å². The quantitative estimate of drug-likeness (QED) is 0.808. The van der Waals surface area contributed by atoms with E-state index in [-0.39, 0.29) is 5.91 Å². The van der Waals surface area contributed by atoms with E-state index in [4.69, 9.17) is 0 Å². The van der Waals surface area contributed by atoms with E-state index >= 15 is 0 Å². The first-order valence-electron chi connectivity index (χ1n) is 6.05. The summed E-state index contributed by atoms with van der Waals surface area (Å²) < 4.78 is 13.5. The highest BCUT2D eigenvalue weighted by Gasteiger charge is 2.07. The van der Waals surface area contributed by atoms with E-state index in [1.165, 1.54) is 13.1 Å². The summed E-state index contributed by atoms with van der Waals surface area (Å²) in [6, 6.07) is 4.36. The van der Waals surface area contributed by atoms with Gasteiger partial charge in [-0.3, -0.25) is 4.79 Å². The van der Waals surface area contributed by atoms with Crippen molar-refractivity contribution in [2.45, 2.75) is 20.8 Å². The van der Waals surface area contributed by atoms with E-state index in [1.54, 1.807) is 12.1 Å². The number of allylic oxidation sites excluding steroid dienone is 1. The lowest BCUT2D eigenvalue weighted by Gasteiger charge is -2.06. The number of rotatable bonds is 4. The van der Waals surface area contributed by atoms with Crippen LogP contribution >= 0.6 is 0 Å². The maximum Gasteiger partial charge on any atom is 0.251 e. The molecule has 3 nitrogen and oxygen atoms in total. The molecule has 0 saturated heterocycles. The molecule has 0 bridgehead atoms. The smallest absolute Gasteiger partial charge is 0.251 e. The van der Waals surface area contributed by atoms with Crippen molar-refractivity contribution in [2.75, 3.05) is 18.9 Å². The van der Waals surface area contributed by atoms with Gasteiger partial charge in [0, 0.05) is 19.2 Å². The Morgan fingerprint density at radius 2 is 2.06 bits per heavy atom. The van der Waals surface area contributed by atoms with Crippen molar-refractivity contribution in [1.82, 2.24) is 5.32 Å². The van der Waals surface area contributed by atoms with E-state index in [2.05, 4.69) is 10.6 Å². The molecule has 1 rings (SSSR count). The van der Waals surface area contributed by atoms with E-state index in [0.717, 1.165) is 0 Å². The molecule has 1 amide bonds. The first kappa shape index (κ1) is 16.2. The maximum absolute atomic E-state index is 13.5. The fourth-order valence-corrected chi connectivity index (χ4v) is 1.23. The van der Waals surface area contributed by atoms with Crippen molar-refractivity contribution in [3.63, 3.8) is 0 Å². The van der Waals surface area contributed by atoms with Crippen LogP contribution in [-0.4, -0.2) is 19.5 Å². The number of halogens is 1. The number of amides is 1. The number of carbonyl (C=O) groups excluding carboxylic acids is 1. The minimum absolute atomic E-state index is 0.293. The molecule has 0 unspecified atom stereocenters. The van der Waals surface area contributed by atoms with Crippen molar-refractivity contribution >= 4 is 11.6 Å². The molecule has 1 aromatic carbocycles. The highest BCUT2D eigenvalue weighted by Crippen LogP contribution is 2.15. The van der Waals surface area contributed by atoms with Crippen LogP contribution in [0, 0.1) is 5.82 Å². The average Bonchev–Trinajstić information content (AvgIpc) is 2.42. The van der Waals surface area contributed by atoms with Gasteiger partial charge in [0.2, 0.25) is 0 Å². The molecule has 0 aliphatic rings. The molecule has 0 atom stereocenters. The van der Waals surface area contributed by atoms with Gasteiger partial charge in [-0.05, 0) is 25.1 Å². The van der Waals surface area contributed by atoms with Crippen LogP contribution in [0.5, 0.6) is 0 Å². The Kier molecular flexibility index (Phi) is 8.27. The summed E-state index contributed by atoms with van der Waals surface area (Å²) in [4.78, 5) is 11.2. The minimum atomic E-state index is -0.425. The maximum atomic E-state index is 13.5. The van der Waals surface area contributed by atoms with Crippen LogP contribution in [0.4, 0.5) is 10.1 Å². The van der Waals surface area contributed by atoms with Gasteiger partial charge in [-0.15, -0.1) is 0 Å². The number of carbonyl (C=O) groups is 1. The molecule has 0 aromatic heterocycles. The number of anilines is 1. The third kappa shape index (κ3) is 4.99. The lowest BCUT2D eigenvalue weighted by Crippen LogP contribution is -2.18. The molecular formula is C14H21FN2O. The third-order valence-electron chi connectivity index (χ3n) is 2.10. The molecular weight excluding hydrogens is 231 g/mol. The molecule has 100 valence electrons. The van der Waals surface area contributed by atoms with Gasteiger partial charge in [-0.25, -0.2) is 4.39 Å². The second-order valence-corrected chi connectivity index (χ2v) is 3.22. The zero-order valence-corrected chi connectivity index (χ0v) is 11.4. The molecule has 0 spiro atoms. The molecule has 1 aromatic rings. The Morgan fingerprint density at radius 3 is 2.56 bits per heavy atom. The summed E-state index contributed by atoms with van der Waals surface area (Å²) in [6.45, 7) is 6.46. The summed E-state index contributed by atoms with van der Waals surface area (Å²) in [5.74, 6) is -0.718. The summed E-state index contributed by atoms with van der Waals surface area (Å²) in [5, 5.41) is 5.35. The Bertz CT molecular complexity index is 403. The Balaban J connectivity index is 0.00000137. The number of hydrogen-bond donors (Lipinski definition) is 2. The molecule has 0 saturated carbocycles. The normalized spacial score (nSPS) is 9.61. The fourth-order valence-electron chi connectivity index (χ4n) is 1.23. The van der Waals surface area contributed by atoms with E-state index in [1.807, 2.05) is 32.9 Å². The van der Waals surface area contributed by atoms with Crippen molar-refractivity contribution in [3.8, 4) is 0 Å². The lowest BCUT2D eigenvalue weighted by atomic mass is 10.2. The SMILES string of the molecule is C/C=C/CNc1ccc(C(=O)NC)cc1F.CC. The Morgan fingerprint density at radius 1 is 1.39 bits per heavy atom. The molecule has 2 N–H and O–H groups in total. The second kappa shape index (κ2) is 9.22. The van der Waals surface area contributed by atoms with Crippen molar-refractivity contribution < 1.29 is 9.18 Å². The summed E-state index contributed by atoms with van der Waals surface area (Å²) in [5.41, 5.74) is 0.710. The number of benzene rings is 1. The monoisotopic (exact) mass is 252 g/mol. The van der Waals surface area contributed by atoms with Gasteiger partial charge in [-0.1, -0.05) is 26.0 Å². The van der Waals surface area contributed by atoms with Gasteiger partial charge in [0.15, 0.2) is 0 Å². The van der Waals surface area contributed by atoms with Gasteiger partial charge in [-0.2, -0.15) is 0 Å². The second-order valence-electron chi connectivity index (χ2n) is 3.22. The van der Waals surface area contributed by atoms with E-state index in [0.29, 0.717) is 17.8 Å². The molecule has 0 aliphatic carbocycles. The van der Waals surface area contributed by atoms with E-state index in [9.17, 15) is 9.18 Å². The standard InChI is InChI=1S/C12H15FN2O.C2H6/c1-3-4-7-15-11-6-5-9(8-10(11)13)12(16)14-2;1-2/h3-6,8,15H,7H2,1-2H3,(H,14,16);1-2H3/b4-3+;. The van der Waals surface area contributed by atoms with Crippen molar-refractivity contribution in [2.24, 2.45) is 0 Å². The molecule has 0 fully saturated rings. The fraction of sp³-hybridized carbons (Fsp3) is 0.357. The van der Waals surface area contributed by atoms with Crippen LogP contribution in [0.25, 0.3) is 0 Å². The van der Waals surface area contributed by atoms with Crippen LogP contribution in [0.3, 0.4) is 0 Å².